The molecule has 63 heavy (non-hydrogen) atoms. The van der Waals surface area contributed by atoms with Gasteiger partial charge in [-0.1, -0.05) is 24.3 Å². The van der Waals surface area contributed by atoms with Gasteiger partial charge in [-0.15, -0.1) is 0 Å². The first-order valence-corrected chi connectivity index (χ1v) is 21.2. The summed E-state index contributed by atoms with van der Waals surface area (Å²) in [6.07, 6.45) is 4.21. The largest absolute Gasteiger partial charge is 1.00 e. The van der Waals surface area contributed by atoms with E-state index in [1.165, 1.54) is 42.5 Å². The number of hydrogen-bond donors (Lipinski definition) is 1. The van der Waals surface area contributed by atoms with E-state index >= 15 is 0 Å². The Morgan fingerprint density at radius 1 is 0.651 bits per heavy atom. The molecular weight excluding hydrogens is 826 g/mol. The van der Waals surface area contributed by atoms with E-state index in [-0.39, 0.29) is 76.3 Å². The summed E-state index contributed by atoms with van der Waals surface area (Å²) in [4.78, 5) is 56.6. The number of likely N-dealkylation sites (tertiary alicyclic amines) is 2. The third-order valence-corrected chi connectivity index (χ3v) is 12.7. The van der Waals surface area contributed by atoms with E-state index in [0.717, 1.165) is 72.7 Å². The van der Waals surface area contributed by atoms with Crippen molar-refractivity contribution in [3.05, 3.63) is 105 Å². The molecule has 2 N–H and O–H groups in total. The van der Waals surface area contributed by atoms with Gasteiger partial charge in [-0.25, -0.2) is 8.78 Å². The maximum absolute atomic E-state index is 13.2. The van der Waals surface area contributed by atoms with Crippen LogP contribution in [0.25, 0.3) is 0 Å². The van der Waals surface area contributed by atoms with Crippen molar-refractivity contribution in [1.82, 2.24) is 39.2 Å². The molecule has 0 atom stereocenters. The van der Waals surface area contributed by atoms with Crippen molar-refractivity contribution in [2.24, 2.45) is 11.8 Å². The predicted molar refractivity (Wildman–Crippen MR) is 223 cm³/mol. The number of nitrogens with zero attached hydrogens (tertiary/aromatic N) is 8. The molecule has 6 heterocycles. The van der Waals surface area contributed by atoms with Crippen LogP contribution < -0.4 is 29.6 Å². The summed E-state index contributed by atoms with van der Waals surface area (Å²) in [6, 6.07) is 12.8. The Hall–Kier alpha value is -4.52. The van der Waals surface area contributed by atoms with Crippen LogP contribution in [-0.4, -0.2) is 133 Å². The van der Waals surface area contributed by atoms with E-state index in [2.05, 4.69) is 20.0 Å². The fraction of sp³-hybridized carbons (Fsp3) is 0.511. The van der Waals surface area contributed by atoms with Crippen LogP contribution in [0.1, 0.15) is 70.7 Å². The number of piperidine rings is 2. The summed E-state index contributed by atoms with van der Waals surface area (Å²) < 4.78 is 35.1. The van der Waals surface area contributed by atoms with Gasteiger partial charge in [0.05, 0.1) is 81.0 Å². The maximum Gasteiger partial charge on any atom is 1.00 e. The number of esters is 1. The Balaban J connectivity index is 0.000000230. The first-order chi connectivity index (χ1) is 29.3. The number of aromatic nitrogens is 4. The number of aliphatic carboxylic acids is 1. The zero-order chi connectivity index (χ0) is 43.2. The van der Waals surface area contributed by atoms with Gasteiger partial charge in [0.1, 0.15) is 11.6 Å². The number of carbonyl (C=O) groups is 4. The molecule has 18 heteroatoms. The molecule has 8 rings (SSSR count). The molecule has 0 spiro atoms. The minimum absolute atomic E-state index is 0. The number of benzene rings is 2. The van der Waals surface area contributed by atoms with Gasteiger partial charge < -0.3 is 25.1 Å². The number of hydrogen-bond acceptors (Lipinski definition) is 10. The second kappa shape index (κ2) is 22.4. The fourth-order valence-electron chi connectivity index (χ4n) is 8.98. The van der Waals surface area contributed by atoms with Crippen molar-refractivity contribution in [3.8, 4) is 0 Å². The zero-order valence-electron chi connectivity index (χ0n) is 36.8. The number of carbonyl (C=O) groups excluding carboxylic acids is 3. The molecule has 4 aliphatic rings. The van der Waals surface area contributed by atoms with Crippen LogP contribution in [0.4, 0.5) is 8.78 Å². The number of carboxylic acids is 1. The van der Waals surface area contributed by atoms with Gasteiger partial charge in [0, 0.05) is 13.1 Å². The Bertz CT molecular complexity index is 2200. The zero-order valence-corrected chi connectivity index (χ0v) is 38.8. The Morgan fingerprint density at radius 3 is 1.40 bits per heavy atom. The quantitative estimate of drug-likeness (QED) is 0.178. The standard InChI is InChI=1S/C23H29FN4O3.C22H27FN4O3.Na.H2O/c1-16-20-9-12-27(22(29)15-26-10-7-18(8-11-26)23(30)31-2)14-21(20)28(25-16)13-17-3-5-19(24)6-4-17;1-15-19-8-11-26(21(28)14-25-9-6-17(7-10-25)22(29)30)13-20(19)27(24-15)12-16-2-4-18(23)5-3-16;;/h3-6,18H,7-15H2,1-2H3;2-5,17H,6-14H2,1H3,(H,29,30);;1H2/q;;+1;/p-1. The SMILES string of the molecule is COC(=O)C1CCN(CC(=O)N2CCc3c(C)nn(Cc4ccc(F)cc4)c3C2)CC1.Cc1nn(Cc2ccc(F)cc2)c2c1CCN(C(=O)CN1CCC(C(=O)O)CC1)C2.[Na+].[OH-]. The number of ether oxygens (including phenoxy) is 1. The molecule has 2 aromatic heterocycles. The number of rotatable bonds is 10. The third-order valence-electron chi connectivity index (χ3n) is 12.7. The van der Waals surface area contributed by atoms with Crippen molar-refractivity contribution >= 4 is 23.8 Å². The third kappa shape index (κ3) is 12.4. The number of methoxy groups -OCH3 is 1. The Morgan fingerprint density at radius 2 is 1.03 bits per heavy atom. The van der Waals surface area contributed by atoms with Gasteiger partial charge in [0.15, 0.2) is 0 Å². The summed E-state index contributed by atoms with van der Waals surface area (Å²) in [5.41, 5.74) is 8.43. The number of aryl methyl sites for hydroxylation is 2. The molecule has 334 valence electrons. The van der Waals surface area contributed by atoms with E-state index in [0.29, 0.717) is 78.3 Å². The van der Waals surface area contributed by atoms with Crippen LogP contribution in [0.15, 0.2) is 48.5 Å². The van der Waals surface area contributed by atoms with E-state index < -0.39 is 5.97 Å². The van der Waals surface area contributed by atoms with Gasteiger partial charge in [0.2, 0.25) is 11.8 Å². The van der Waals surface area contributed by atoms with Crippen molar-refractivity contribution in [3.63, 3.8) is 0 Å². The number of fused-ring (bicyclic) bond motifs is 2. The maximum atomic E-state index is 13.2. The molecular formula is C45H57F2N8NaO7. The van der Waals surface area contributed by atoms with E-state index in [9.17, 15) is 28.0 Å². The van der Waals surface area contributed by atoms with Crippen LogP contribution in [0.3, 0.4) is 0 Å². The van der Waals surface area contributed by atoms with Gasteiger partial charge in [-0.05, 0) is 125 Å². The predicted octanol–water partition coefficient (Wildman–Crippen LogP) is 1.04. The summed E-state index contributed by atoms with van der Waals surface area (Å²) in [5.74, 6) is -1.59. The van der Waals surface area contributed by atoms with Gasteiger partial charge in [0.25, 0.3) is 0 Å². The monoisotopic (exact) mass is 882 g/mol. The topological polar surface area (TPSA) is 176 Å². The molecule has 4 aliphatic heterocycles. The number of halogens is 2. The molecule has 0 saturated carbocycles. The van der Waals surface area contributed by atoms with Crippen molar-refractivity contribution in [1.29, 1.82) is 0 Å². The normalized spacial score (nSPS) is 17.0. The molecule has 0 radical (unpaired) electrons. The average molecular weight is 883 g/mol. The van der Waals surface area contributed by atoms with E-state index in [1.54, 1.807) is 24.3 Å². The second-order valence-corrected chi connectivity index (χ2v) is 16.7. The molecule has 0 bridgehead atoms. The smallest absolute Gasteiger partial charge is 0.870 e. The summed E-state index contributed by atoms with van der Waals surface area (Å²) >= 11 is 0. The number of carboxylic acid groups (broad SMARTS) is 1. The van der Waals surface area contributed by atoms with Gasteiger partial charge >= 0.3 is 41.5 Å². The molecule has 2 saturated heterocycles. The Labute approximate surface area is 388 Å². The first kappa shape index (κ1) is 49.5. The minimum atomic E-state index is -0.741. The van der Waals surface area contributed by atoms with Crippen LogP contribution >= 0.6 is 0 Å². The second-order valence-electron chi connectivity index (χ2n) is 16.7. The van der Waals surface area contributed by atoms with Gasteiger partial charge in [-0.3, -0.25) is 38.3 Å². The molecule has 0 unspecified atom stereocenters. The Kier molecular flexibility index (Phi) is 17.6. The summed E-state index contributed by atoms with van der Waals surface area (Å²) in [6.45, 7) is 10.9. The summed E-state index contributed by atoms with van der Waals surface area (Å²) in [5, 5.41) is 18.5. The molecule has 2 amide bonds. The van der Waals surface area contributed by atoms with Crippen molar-refractivity contribution in [2.45, 2.75) is 78.6 Å². The molecule has 4 aromatic rings. The van der Waals surface area contributed by atoms with E-state index in [4.69, 9.17) is 9.84 Å². The molecule has 15 nitrogen and oxygen atoms in total. The fourth-order valence-corrected chi connectivity index (χ4v) is 8.98. The number of amides is 2. The van der Waals surface area contributed by atoms with Gasteiger partial charge in [-0.2, -0.15) is 10.2 Å². The molecule has 0 aliphatic carbocycles. The minimum Gasteiger partial charge on any atom is -0.870 e. The average Bonchev–Trinajstić information content (AvgIpc) is 3.75. The first-order valence-electron chi connectivity index (χ1n) is 21.2. The van der Waals surface area contributed by atoms with Crippen molar-refractivity contribution in [2.75, 3.05) is 59.5 Å². The summed E-state index contributed by atoms with van der Waals surface area (Å²) in [7, 11) is 1.42. The van der Waals surface area contributed by atoms with Crippen LogP contribution in [0.2, 0.25) is 0 Å². The molecule has 2 aromatic carbocycles. The van der Waals surface area contributed by atoms with Crippen LogP contribution in [-0.2, 0) is 62.9 Å². The van der Waals surface area contributed by atoms with Crippen molar-refractivity contribution < 1.29 is 72.8 Å². The van der Waals surface area contributed by atoms with E-state index in [1.807, 2.05) is 33.0 Å². The molecule has 2 fully saturated rings. The van der Waals surface area contributed by atoms with Crippen LogP contribution in [0.5, 0.6) is 0 Å². The van der Waals surface area contributed by atoms with Crippen LogP contribution in [0, 0.1) is 37.3 Å².